The van der Waals surface area contributed by atoms with Crippen LogP contribution in [0.3, 0.4) is 0 Å². The van der Waals surface area contributed by atoms with Gasteiger partial charge in [-0.05, 0) is 48.4 Å². The minimum atomic E-state index is -3.82. The lowest BCUT2D eigenvalue weighted by Gasteiger charge is -2.17. The highest BCUT2D eigenvalue weighted by atomic mass is 32.2. The van der Waals surface area contributed by atoms with Crippen molar-refractivity contribution in [1.82, 2.24) is 4.31 Å². The van der Waals surface area contributed by atoms with Crippen LogP contribution in [0.2, 0.25) is 0 Å². The molecule has 7 nitrogen and oxygen atoms in total. The Kier molecular flexibility index (Phi) is 6.70. The number of nitrogens with zero attached hydrogens (tertiary/aromatic N) is 1. The highest BCUT2D eigenvalue weighted by Gasteiger charge is 2.23. The number of carbonyl (C=O) groups excluding carboxylic acids is 2. The number of sulfonamides is 1. The SMILES string of the molecule is CCc1cccc(NC(=O)CN(C)S(=O)(=O)c2ccc(NC(C)=O)cc2)c1. The lowest BCUT2D eigenvalue weighted by atomic mass is 10.1. The van der Waals surface area contributed by atoms with Crippen molar-refractivity contribution in [2.24, 2.45) is 0 Å². The van der Waals surface area contributed by atoms with E-state index in [1.165, 1.54) is 38.2 Å². The van der Waals surface area contributed by atoms with E-state index in [1.807, 2.05) is 25.1 Å². The summed E-state index contributed by atoms with van der Waals surface area (Å²) in [6.07, 6.45) is 0.840. The largest absolute Gasteiger partial charge is 0.326 e. The molecule has 0 aliphatic carbocycles. The fraction of sp³-hybridized carbons (Fsp3) is 0.263. The first-order valence-electron chi connectivity index (χ1n) is 8.45. The summed E-state index contributed by atoms with van der Waals surface area (Å²) in [5.41, 5.74) is 2.20. The van der Waals surface area contributed by atoms with Gasteiger partial charge in [0.1, 0.15) is 0 Å². The number of carbonyl (C=O) groups is 2. The second-order valence-electron chi connectivity index (χ2n) is 6.07. The summed E-state index contributed by atoms with van der Waals surface area (Å²) in [7, 11) is -2.48. The highest BCUT2D eigenvalue weighted by molar-refractivity contribution is 7.89. The van der Waals surface area contributed by atoms with E-state index in [4.69, 9.17) is 0 Å². The summed E-state index contributed by atoms with van der Waals surface area (Å²) in [6.45, 7) is 3.07. The van der Waals surface area contributed by atoms with Crippen molar-refractivity contribution in [1.29, 1.82) is 0 Å². The van der Waals surface area contributed by atoms with Crippen molar-refractivity contribution in [2.45, 2.75) is 25.2 Å². The second kappa shape index (κ2) is 8.79. The number of hydrogen-bond acceptors (Lipinski definition) is 4. The third-order valence-electron chi connectivity index (χ3n) is 3.87. The maximum atomic E-state index is 12.6. The van der Waals surface area contributed by atoms with Crippen LogP contribution in [0.15, 0.2) is 53.4 Å². The summed E-state index contributed by atoms with van der Waals surface area (Å²) in [6, 6.07) is 13.2. The Morgan fingerprint density at radius 3 is 2.26 bits per heavy atom. The molecule has 2 aromatic carbocycles. The van der Waals surface area contributed by atoms with Crippen LogP contribution in [-0.4, -0.2) is 38.1 Å². The van der Waals surface area contributed by atoms with Gasteiger partial charge in [0.25, 0.3) is 0 Å². The third kappa shape index (κ3) is 5.63. The van der Waals surface area contributed by atoms with E-state index in [9.17, 15) is 18.0 Å². The van der Waals surface area contributed by atoms with Crippen molar-refractivity contribution < 1.29 is 18.0 Å². The molecule has 0 fully saturated rings. The Bertz CT molecular complexity index is 924. The van der Waals surface area contributed by atoms with E-state index in [2.05, 4.69) is 10.6 Å². The average molecular weight is 389 g/mol. The van der Waals surface area contributed by atoms with Crippen LogP contribution >= 0.6 is 0 Å². The first kappa shape index (κ1) is 20.6. The van der Waals surface area contributed by atoms with Crippen molar-refractivity contribution in [2.75, 3.05) is 24.2 Å². The van der Waals surface area contributed by atoms with Gasteiger partial charge in [0, 0.05) is 25.3 Å². The minimum Gasteiger partial charge on any atom is -0.326 e. The molecule has 0 bridgehead atoms. The van der Waals surface area contributed by atoms with E-state index < -0.39 is 15.9 Å². The molecule has 0 unspecified atom stereocenters. The quantitative estimate of drug-likeness (QED) is 0.760. The summed E-state index contributed by atoms with van der Waals surface area (Å²) >= 11 is 0. The number of amides is 2. The lowest BCUT2D eigenvalue weighted by Crippen LogP contribution is -2.35. The monoisotopic (exact) mass is 389 g/mol. The Hall–Kier alpha value is -2.71. The highest BCUT2D eigenvalue weighted by Crippen LogP contribution is 2.18. The number of anilines is 2. The summed E-state index contributed by atoms with van der Waals surface area (Å²) in [5.74, 6) is -0.671. The Morgan fingerprint density at radius 2 is 1.67 bits per heavy atom. The number of likely N-dealkylation sites (N-methyl/N-ethyl adjacent to an activating group) is 1. The molecule has 2 rings (SSSR count). The molecule has 0 radical (unpaired) electrons. The molecular formula is C19H23N3O4S. The van der Waals surface area contributed by atoms with Gasteiger partial charge in [0.2, 0.25) is 21.8 Å². The maximum absolute atomic E-state index is 12.6. The topological polar surface area (TPSA) is 95.6 Å². The molecular weight excluding hydrogens is 366 g/mol. The predicted molar refractivity (Wildman–Crippen MR) is 105 cm³/mol. The number of aryl methyl sites for hydroxylation is 1. The van der Waals surface area contributed by atoms with Crippen molar-refractivity contribution >= 4 is 33.2 Å². The number of benzene rings is 2. The van der Waals surface area contributed by atoms with Gasteiger partial charge in [-0.25, -0.2) is 8.42 Å². The second-order valence-corrected chi connectivity index (χ2v) is 8.11. The lowest BCUT2D eigenvalue weighted by molar-refractivity contribution is -0.116. The number of nitrogens with one attached hydrogen (secondary N) is 2. The molecule has 144 valence electrons. The first-order chi connectivity index (χ1) is 12.7. The summed E-state index contributed by atoms with van der Waals surface area (Å²) < 4.78 is 26.2. The summed E-state index contributed by atoms with van der Waals surface area (Å²) in [5, 5.41) is 5.28. The van der Waals surface area contributed by atoms with Gasteiger partial charge >= 0.3 is 0 Å². The van der Waals surface area contributed by atoms with Gasteiger partial charge in [0.05, 0.1) is 11.4 Å². The molecule has 0 aliphatic heterocycles. The van der Waals surface area contributed by atoms with Crippen LogP contribution < -0.4 is 10.6 Å². The zero-order valence-corrected chi connectivity index (χ0v) is 16.3. The predicted octanol–water partition coefficient (Wildman–Crippen LogP) is 2.47. The summed E-state index contributed by atoms with van der Waals surface area (Å²) in [4.78, 5) is 23.3. The molecule has 0 atom stereocenters. The zero-order chi connectivity index (χ0) is 20.0. The Morgan fingerprint density at radius 1 is 1.00 bits per heavy atom. The normalized spacial score (nSPS) is 11.3. The van der Waals surface area contributed by atoms with E-state index >= 15 is 0 Å². The average Bonchev–Trinajstić information content (AvgIpc) is 2.61. The van der Waals surface area contributed by atoms with Crippen LogP contribution in [0.25, 0.3) is 0 Å². The van der Waals surface area contributed by atoms with Crippen LogP contribution in [0.5, 0.6) is 0 Å². The molecule has 0 saturated heterocycles. The fourth-order valence-corrected chi connectivity index (χ4v) is 3.58. The van der Waals surface area contributed by atoms with Crippen molar-refractivity contribution in [3.8, 4) is 0 Å². The van der Waals surface area contributed by atoms with Crippen LogP contribution in [0, 0.1) is 0 Å². The van der Waals surface area contributed by atoms with Gasteiger partial charge < -0.3 is 10.6 Å². The van der Waals surface area contributed by atoms with E-state index in [-0.39, 0.29) is 17.3 Å². The Balaban J connectivity index is 2.05. The molecule has 8 heteroatoms. The fourth-order valence-electron chi connectivity index (χ4n) is 2.45. The zero-order valence-electron chi connectivity index (χ0n) is 15.5. The van der Waals surface area contributed by atoms with Gasteiger partial charge in [-0.15, -0.1) is 0 Å². The molecule has 2 aromatic rings. The maximum Gasteiger partial charge on any atom is 0.243 e. The van der Waals surface area contributed by atoms with E-state index in [0.29, 0.717) is 11.4 Å². The van der Waals surface area contributed by atoms with E-state index in [1.54, 1.807) is 6.07 Å². The molecule has 27 heavy (non-hydrogen) atoms. The van der Waals surface area contributed by atoms with Gasteiger partial charge in [0.15, 0.2) is 0 Å². The van der Waals surface area contributed by atoms with Crippen molar-refractivity contribution in [3.63, 3.8) is 0 Å². The molecule has 0 spiro atoms. The standard InChI is InChI=1S/C19H23N3O4S/c1-4-15-6-5-7-17(12-15)21-19(24)13-22(3)27(25,26)18-10-8-16(9-11-18)20-14(2)23/h5-12H,4,13H2,1-3H3,(H,20,23)(H,21,24). The van der Waals surface area contributed by atoms with Crippen molar-refractivity contribution in [3.05, 3.63) is 54.1 Å². The molecule has 2 N–H and O–H groups in total. The molecule has 0 saturated carbocycles. The molecule has 0 heterocycles. The third-order valence-corrected chi connectivity index (χ3v) is 5.69. The van der Waals surface area contributed by atoms with Gasteiger partial charge in [-0.2, -0.15) is 4.31 Å². The van der Waals surface area contributed by atoms with Crippen LogP contribution in [0.4, 0.5) is 11.4 Å². The number of hydrogen-bond donors (Lipinski definition) is 2. The molecule has 0 aliphatic rings. The van der Waals surface area contributed by atoms with Crippen LogP contribution in [0.1, 0.15) is 19.4 Å². The smallest absolute Gasteiger partial charge is 0.243 e. The van der Waals surface area contributed by atoms with Gasteiger partial charge in [-0.3, -0.25) is 9.59 Å². The molecule has 2 amide bonds. The van der Waals surface area contributed by atoms with Crippen LogP contribution in [-0.2, 0) is 26.0 Å². The van der Waals surface area contributed by atoms with E-state index in [0.717, 1.165) is 16.3 Å². The van der Waals surface area contributed by atoms with Gasteiger partial charge in [-0.1, -0.05) is 19.1 Å². The molecule has 0 aromatic heterocycles. The Labute approximate surface area is 159 Å². The first-order valence-corrected chi connectivity index (χ1v) is 9.89. The minimum absolute atomic E-state index is 0.0416. The number of rotatable bonds is 7.